The van der Waals surface area contributed by atoms with Crippen molar-refractivity contribution in [1.82, 2.24) is 10.3 Å². The maximum Gasteiger partial charge on any atom is 0.0270 e. The van der Waals surface area contributed by atoms with Gasteiger partial charge >= 0.3 is 0 Å². The molecule has 2 nitrogen and oxygen atoms in total. The number of likely N-dealkylation sites (N-methyl/N-ethyl adjacent to an activating group) is 1. The average molecular weight is 176 g/mol. The van der Waals surface area contributed by atoms with Gasteiger partial charge in [-0.1, -0.05) is 0 Å². The summed E-state index contributed by atoms with van der Waals surface area (Å²) in [5.41, 5.74) is 1.39. The van der Waals surface area contributed by atoms with Crippen LogP contribution in [0.5, 0.6) is 0 Å². The van der Waals surface area contributed by atoms with Crippen LogP contribution in [0.4, 0.5) is 0 Å². The van der Waals surface area contributed by atoms with Crippen molar-refractivity contribution in [2.75, 3.05) is 7.05 Å². The highest BCUT2D eigenvalue weighted by Gasteiger charge is 2.29. The molecule has 1 saturated carbocycles. The molecular formula is C11H16N2. The van der Waals surface area contributed by atoms with E-state index in [1.807, 2.05) is 12.4 Å². The van der Waals surface area contributed by atoms with E-state index in [1.165, 1.54) is 18.4 Å². The van der Waals surface area contributed by atoms with Crippen molar-refractivity contribution >= 4 is 0 Å². The fourth-order valence-electron chi connectivity index (χ4n) is 1.78. The minimum absolute atomic E-state index is 0.669. The molecule has 0 radical (unpaired) electrons. The molecular weight excluding hydrogens is 160 g/mol. The fourth-order valence-corrected chi connectivity index (χ4v) is 1.78. The molecule has 1 fully saturated rings. The third-order valence-electron chi connectivity index (χ3n) is 2.77. The molecule has 0 amide bonds. The van der Waals surface area contributed by atoms with Crippen LogP contribution in [0.1, 0.15) is 18.4 Å². The summed E-state index contributed by atoms with van der Waals surface area (Å²) >= 11 is 0. The van der Waals surface area contributed by atoms with Crippen molar-refractivity contribution in [2.24, 2.45) is 5.92 Å². The van der Waals surface area contributed by atoms with E-state index in [1.54, 1.807) is 0 Å². The summed E-state index contributed by atoms with van der Waals surface area (Å²) in [6, 6.07) is 4.88. The fraction of sp³-hybridized carbons (Fsp3) is 0.545. The van der Waals surface area contributed by atoms with Crippen LogP contribution in [-0.2, 0) is 6.42 Å². The molecule has 2 rings (SSSR count). The lowest BCUT2D eigenvalue weighted by Gasteiger charge is -2.14. The summed E-state index contributed by atoms with van der Waals surface area (Å²) in [7, 11) is 2.06. The van der Waals surface area contributed by atoms with E-state index < -0.39 is 0 Å². The maximum atomic E-state index is 4.02. The molecule has 0 bridgehead atoms. The summed E-state index contributed by atoms with van der Waals surface area (Å²) in [6.07, 6.45) is 7.68. The van der Waals surface area contributed by atoms with Crippen LogP contribution in [0.25, 0.3) is 0 Å². The number of aromatic nitrogens is 1. The zero-order chi connectivity index (χ0) is 9.10. The van der Waals surface area contributed by atoms with Crippen molar-refractivity contribution in [3.8, 4) is 0 Å². The van der Waals surface area contributed by atoms with Gasteiger partial charge in [-0.15, -0.1) is 0 Å². The first kappa shape index (κ1) is 8.70. The Morgan fingerprint density at radius 1 is 1.46 bits per heavy atom. The molecule has 1 unspecified atom stereocenters. The zero-order valence-corrected chi connectivity index (χ0v) is 8.03. The second-order valence-corrected chi connectivity index (χ2v) is 3.79. The van der Waals surface area contributed by atoms with Crippen LogP contribution in [-0.4, -0.2) is 18.1 Å². The minimum atomic E-state index is 0.669. The Morgan fingerprint density at radius 2 is 2.15 bits per heavy atom. The Morgan fingerprint density at radius 3 is 2.69 bits per heavy atom. The van der Waals surface area contributed by atoms with Crippen molar-refractivity contribution in [1.29, 1.82) is 0 Å². The third kappa shape index (κ3) is 2.28. The molecule has 1 aliphatic rings. The lowest BCUT2D eigenvalue weighted by molar-refractivity contribution is 0.500. The van der Waals surface area contributed by atoms with Gasteiger partial charge in [-0.2, -0.15) is 0 Å². The van der Waals surface area contributed by atoms with E-state index in [2.05, 4.69) is 29.5 Å². The first-order valence-electron chi connectivity index (χ1n) is 4.96. The largest absolute Gasteiger partial charge is 0.316 e. The molecule has 1 aromatic heterocycles. The molecule has 13 heavy (non-hydrogen) atoms. The normalized spacial score (nSPS) is 18.5. The first-order valence-corrected chi connectivity index (χ1v) is 4.96. The van der Waals surface area contributed by atoms with Crippen LogP contribution >= 0.6 is 0 Å². The van der Waals surface area contributed by atoms with Gasteiger partial charge in [0.05, 0.1) is 0 Å². The summed E-state index contributed by atoms with van der Waals surface area (Å²) in [4.78, 5) is 4.02. The van der Waals surface area contributed by atoms with E-state index in [0.29, 0.717) is 6.04 Å². The molecule has 1 aliphatic carbocycles. The van der Waals surface area contributed by atoms with Gasteiger partial charge in [-0.05, 0) is 49.9 Å². The number of pyridine rings is 1. The molecule has 0 aromatic carbocycles. The summed E-state index contributed by atoms with van der Waals surface area (Å²) in [5, 5.41) is 3.39. The zero-order valence-electron chi connectivity index (χ0n) is 8.03. The number of rotatable bonds is 4. The molecule has 0 spiro atoms. The standard InChI is InChI=1S/C11H16N2/c1-12-11(10-2-3-10)8-9-4-6-13-7-5-9/h4-7,10-12H,2-3,8H2,1H3. The predicted octanol–water partition coefficient (Wildman–Crippen LogP) is 1.62. The molecule has 70 valence electrons. The lowest BCUT2D eigenvalue weighted by Crippen LogP contribution is -2.29. The van der Waals surface area contributed by atoms with Gasteiger partial charge in [0, 0.05) is 18.4 Å². The summed E-state index contributed by atoms with van der Waals surface area (Å²) in [6.45, 7) is 0. The first-order chi connectivity index (χ1) is 6.40. The SMILES string of the molecule is CNC(Cc1ccncc1)C1CC1. The van der Waals surface area contributed by atoms with Crippen molar-refractivity contribution in [3.05, 3.63) is 30.1 Å². The van der Waals surface area contributed by atoms with Gasteiger partial charge in [0.25, 0.3) is 0 Å². The highest BCUT2D eigenvalue weighted by atomic mass is 14.9. The number of hydrogen-bond donors (Lipinski definition) is 1. The highest BCUT2D eigenvalue weighted by molar-refractivity contribution is 5.12. The topological polar surface area (TPSA) is 24.9 Å². The Bertz CT molecular complexity index is 254. The molecule has 2 heteroatoms. The Labute approximate surface area is 79.4 Å². The summed E-state index contributed by atoms with van der Waals surface area (Å²) < 4.78 is 0. The molecule has 1 heterocycles. The van der Waals surface area contributed by atoms with E-state index in [9.17, 15) is 0 Å². The van der Waals surface area contributed by atoms with Crippen LogP contribution in [0.3, 0.4) is 0 Å². The second-order valence-electron chi connectivity index (χ2n) is 3.79. The van der Waals surface area contributed by atoms with Gasteiger partial charge in [0.15, 0.2) is 0 Å². The maximum absolute atomic E-state index is 4.02. The molecule has 0 aliphatic heterocycles. The van der Waals surface area contributed by atoms with E-state index in [0.717, 1.165) is 12.3 Å². The number of nitrogens with one attached hydrogen (secondary N) is 1. The quantitative estimate of drug-likeness (QED) is 0.754. The van der Waals surface area contributed by atoms with Crippen molar-refractivity contribution in [3.63, 3.8) is 0 Å². The number of nitrogens with zero attached hydrogens (tertiary/aromatic N) is 1. The van der Waals surface area contributed by atoms with Crippen LogP contribution in [0.2, 0.25) is 0 Å². The minimum Gasteiger partial charge on any atom is -0.316 e. The molecule has 1 atom stereocenters. The van der Waals surface area contributed by atoms with Crippen LogP contribution in [0, 0.1) is 5.92 Å². The molecule has 0 saturated heterocycles. The predicted molar refractivity (Wildman–Crippen MR) is 53.5 cm³/mol. The van der Waals surface area contributed by atoms with Crippen molar-refractivity contribution < 1.29 is 0 Å². The number of hydrogen-bond acceptors (Lipinski definition) is 2. The van der Waals surface area contributed by atoms with Crippen LogP contribution in [0.15, 0.2) is 24.5 Å². The second kappa shape index (κ2) is 3.88. The Hall–Kier alpha value is -0.890. The van der Waals surface area contributed by atoms with E-state index >= 15 is 0 Å². The average Bonchev–Trinajstić information content (AvgIpc) is 2.99. The lowest BCUT2D eigenvalue weighted by atomic mass is 10.0. The van der Waals surface area contributed by atoms with Gasteiger partial charge in [0.2, 0.25) is 0 Å². The van der Waals surface area contributed by atoms with E-state index in [-0.39, 0.29) is 0 Å². The van der Waals surface area contributed by atoms with Gasteiger partial charge in [0.1, 0.15) is 0 Å². The van der Waals surface area contributed by atoms with Crippen LogP contribution < -0.4 is 5.32 Å². The molecule has 1 N–H and O–H groups in total. The van der Waals surface area contributed by atoms with Gasteiger partial charge in [-0.3, -0.25) is 4.98 Å². The smallest absolute Gasteiger partial charge is 0.0270 e. The van der Waals surface area contributed by atoms with Gasteiger partial charge < -0.3 is 5.32 Å². The van der Waals surface area contributed by atoms with Crippen molar-refractivity contribution in [2.45, 2.75) is 25.3 Å². The Kier molecular flexibility index (Phi) is 2.60. The monoisotopic (exact) mass is 176 g/mol. The summed E-state index contributed by atoms with van der Waals surface area (Å²) in [5.74, 6) is 0.915. The third-order valence-corrected chi connectivity index (χ3v) is 2.77. The van der Waals surface area contributed by atoms with Gasteiger partial charge in [-0.25, -0.2) is 0 Å². The molecule has 1 aromatic rings. The highest BCUT2D eigenvalue weighted by Crippen LogP contribution is 2.33. The Balaban J connectivity index is 1.95. The van der Waals surface area contributed by atoms with E-state index in [4.69, 9.17) is 0 Å².